The summed E-state index contributed by atoms with van der Waals surface area (Å²) in [4.78, 5) is 35.8. The van der Waals surface area contributed by atoms with Crippen LogP contribution in [0.2, 0.25) is 0 Å². The Hall–Kier alpha value is -3.35. The number of nitrogens with one attached hydrogen (secondary N) is 3. The standard InChI is InChI=1S/C23H29N3O4/c1-16(2)15-23(3,22(29)30)26-21(28)14-13-20(27)25-19-11-9-18(10-12-19)24-17-7-5-4-6-8-17/h4-12,16,24H,13-15H2,1-3H3,(H,25,27)(H,26,28)(H,29,30)/t23-/m0/s1. The van der Waals surface area contributed by atoms with Crippen molar-refractivity contribution in [3.05, 3.63) is 54.6 Å². The average molecular weight is 412 g/mol. The zero-order valence-electron chi connectivity index (χ0n) is 17.6. The van der Waals surface area contributed by atoms with Gasteiger partial charge in [-0.2, -0.15) is 0 Å². The van der Waals surface area contributed by atoms with Crippen LogP contribution in [0.1, 0.15) is 40.0 Å². The molecule has 2 amide bonds. The lowest BCUT2D eigenvalue weighted by Gasteiger charge is -2.28. The van der Waals surface area contributed by atoms with Crippen molar-refractivity contribution in [2.24, 2.45) is 5.92 Å². The van der Waals surface area contributed by atoms with Gasteiger partial charge in [0, 0.05) is 29.9 Å². The number of rotatable bonds is 10. The summed E-state index contributed by atoms with van der Waals surface area (Å²) in [6, 6.07) is 17.0. The molecule has 2 aromatic carbocycles. The molecule has 0 unspecified atom stereocenters. The molecule has 2 rings (SSSR count). The number of benzene rings is 2. The number of anilines is 3. The lowest BCUT2D eigenvalue weighted by atomic mass is 9.90. The van der Waals surface area contributed by atoms with Gasteiger partial charge in [-0.15, -0.1) is 0 Å². The molecule has 0 fully saturated rings. The Kier molecular flexibility index (Phi) is 7.98. The summed E-state index contributed by atoms with van der Waals surface area (Å²) in [5, 5.41) is 18.0. The molecular formula is C23H29N3O4. The van der Waals surface area contributed by atoms with Gasteiger partial charge < -0.3 is 21.1 Å². The van der Waals surface area contributed by atoms with Crippen LogP contribution in [0, 0.1) is 5.92 Å². The van der Waals surface area contributed by atoms with E-state index in [0.29, 0.717) is 12.1 Å². The molecule has 7 heteroatoms. The van der Waals surface area contributed by atoms with E-state index in [2.05, 4.69) is 16.0 Å². The maximum Gasteiger partial charge on any atom is 0.329 e. The lowest BCUT2D eigenvalue weighted by molar-refractivity contribution is -0.147. The highest BCUT2D eigenvalue weighted by molar-refractivity contribution is 5.94. The van der Waals surface area contributed by atoms with Gasteiger partial charge in [0.2, 0.25) is 11.8 Å². The van der Waals surface area contributed by atoms with Crippen LogP contribution in [0.15, 0.2) is 54.6 Å². The number of carbonyl (C=O) groups is 3. The van der Waals surface area contributed by atoms with Crippen molar-refractivity contribution < 1.29 is 19.5 Å². The van der Waals surface area contributed by atoms with E-state index in [1.54, 1.807) is 12.1 Å². The Morgan fingerprint density at radius 2 is 1.40 bits per heavy atom. The van der Waals surface area contributed by atoms with Crippen LogP contribution in [-0.4, -0.2) is 28.4 Å². The quantitative estimate of drug-likeness (QED) is 0.470. The first-order valence-corrected chi connectivity index (χ1v) is 9.94. The summed E-state index contributed by atoms with van der Waals surface area (Å²) in [6.07, 6.45) is 0.192. The molecule has 0 spiro atoms. The number of carbonyl (C=O) groups excluding carboxylic acids is 2. The van der Waals surface area contributed by atoms with E-state index in [4.69, 9.17) is 0 Å². The van der Waals surface area contributed by atoms with E-state index in [9.17, 15) is 19.5 Å². The van der Waals surface area contributed by atoms with Crippen molar-refractivity contribution in [1.82, 2.24) is 5.32 Å². The second-order valence-corrected chi connectivity index (χ2v) is 7.90. The van der Waals surface area contributed by atoms with Crippen molar-refractivity contribution >= 4 is 34.8 Å². The molecule has 7 nitrogen and oxygen atoms in total. The lowest BCUT2D eigenvalue weighted by Crippen LogP contribution is -2.53. The van der Waals surface area contributed by atoms with Crippen molar-refractivity contribution in [2.75, 3.05) is 10.6 Å². The first-order chi connectivity index (χ1) is 14.2. The van der Waals surface area contributed by atoms with E-state index in [0.717, 1.165) is 11.4 Å². The highest BCUT2D eigenvalue weighted by atomic mass is 16.4. The number of hydrogen-bond acceptors (Lipinski definition) is 4. The first-order valence-electron chi connectivity index (χ1n) is 9.94. The van der Waals surface area contributed by atoms with Crippen LogP contribution >= 0.6 is 0 Å². The Morgan fingerprint density at radius 1 is 0.867 bits per heavy atom. The van der Waals surface area contributed by atoms with Gasteiger partial charge in [-0.3, -0.25) is 9.59 Å². The van der Waals surface area contributed by atoms with E-state index >= 15 is 0 Å². The number of carboxylic acid groups (broad SMARTS) is 1. The number of para-hydroxylation sites is 1. The normalized spacial score (nSPS) is 12.7. The molecule has 1 atom stereocenters. The zero-order valence-corrected chi connectivity index (χ0v) is 17.6. The van der Waals surface area contributed by atoms with Crippen LogP contribution in [0.5, 0.6) is 0 Å². The highest BCUT2D eigenvalue weighted by Crippen LogP contribution is 2.19. The Labute approximate surface area is 176 Å². The smallest absolute Gasteiger partial charge is 0.329 e. The van der Waals surface area contributed by atoms with E-state index in [1.165, 1.54) is 6.92 Å². The topological polar surface area (TPSA) is 108 Å². The van der Waals surface area contributed by atoms with Crippen LogP contribution in [0.25, 0.3) is 0 Å². The van der Waals surface area contributed by atoms with Crippen LogP contribution in [0.4, 0.5) is 17.1 Å². The van der Waals surface area contributed by atoms with Crippen molar-refractivity contribution in [1.29, 1.82) is 0 Å². The zero-order chi connectivity index (χ0) is 22.1. The third-order valence-corrected chi connectivity index (χ3v) is 4.51. The molecule has 160 valence electrons. The molecule has 0 saturated carbocycles. The summed E-state index contributed by atoms with van der Waals surface area (Å²) < 4.78 is 0. The summed E-state index contributed by atoms with van der Waals surface area (Å²) >= 11 is 0. The molecule has 0 aliphatic carbocycles. The van der Waals surface area contributed by atoms with Crippen molar-refractivity contribution in [2.45, 2.75) is 45.6 Å². The fraction of sp³-hybridized carbons (Fsp3) is 0.348. The number of amides is 2. The average Bonchev–Trinajstić information content (AvgIpc) is 2.68. The summed E-state index contributed by atoms with van der Waals surface area (Å²) in [7, 11) is 0. The van der Waals surface area contributed by atoms with Gasteiger partial charge in [0.15, 0.2) is 0 Å². The molecular weight excluding hydrogens is 382 g/mol. The minimum Gasteiger partial charge on any atom is -0.480 e. The largest absolute Gasteiger partial charge is 0.480 e. The molecule has 0 aromatic heterocycles. The van der Waals surface area contributed by atoms with Gasteiger partial charge >= 0.3 is 5.97 Å². The summed E-state index contributed by atoms with van der Waals surface area (Å²) in [6.45, 7) is 5.27. The highest BCUT2D eigenvalue weighted by Gasteiger charge is 2.35. The maximum absolute atomic E-state index is 12.2. The minimum atomic E-state index is -1.34. The van der Waals surface area contributed by atoms with Gasteiger partial charge in [0.25, 0.3) is 0 Å². The predicted octanol–water partition coefficient (Wildman–Crippen LogP) is 4.15. The molecule has 0 aliphatic rings. The fourth-order valence-corrected chi connectivity index (χ4v) is 3.15. The third kappa shape index (κ3) is 7.24. The summed E-state index contributed by atoms with van der Waals surface area (Å²) in [5.74, 6) is -1.75. The second-order valence-electron chi connectivity index (χ2n) is 7.90. The molecule has 4 N–H and O–H groups in total. The number of aliphatic carboxylic acids is 1. The van der Waals surface area contributed by atoms with Gasteiger partial charge in [-0.25, -0.2) is 4.79 Å². The fourth-order valence-electron chi connectivity index (χ4n) is 3.15. The van der Waals surface area contributed by atoms with Crippen molar-refractivity contribution in [3.63, 3.8) is 0 Å². The second kappa shape index (κ2) is 10.4. The van der Waals surface area contributed by atoms with E-state index in [-0.39, 0.29) is 24.7 Å². The van der Waals surface area contributed by atoms with E-state index in [1.807, 2.05) is 56.3 Å². The molecule has 2 aromatic rings. The maximum atomic E-state index is 12.2. The molecule has 0 saturated heterocycles. The van der Waals surface area contributed by atoms with Crippen LogP contribution in [0.3, 0.4) is 0 Å². The minimum absolute atomic E-state index is 0.0345. The molecule has 0 bridgehead atoms. The Balaban J connectivity index is 1.82. The monoisotopic (exact) mass is 411 g/mol. The Bertz CT molecular complexity index is 866. The van der Waals surface area contributed by atoms with E-state index < -0.39 is 17.4 Å². The van der Waals surface area contributed by atoms with Crippen molar-refractivity contribution in [3.8, 4) is 0 Å². The van der Waals surface area contributed by atoms with Gasteiger partial charge in [0.1, 0.15) is 5.54 Å². The summed E-state index contributed by atoms with van der Waals surface area (Å²) in [5.41, 5.74) is 1.13. The third-order valence-electron chi connectivity index (χ3n) is 4.51. The van der Waals surface area contributed by atoms with Gasteiger partial charge in [-0.1, -0.05) is 32.0 Å². The van der Waals surface area contributed by atoms with Crippen LogP contribution < -0.4 is 16.0 Å². The number of hydrogen-bond donors (Lipinski definition) is 4. The Morgan fingerprint density at radius 3 is 1.97 bits per heavy atom. The van der Waals surface area contributed by atoms with Gasteiger partial charge in [0.05, 0.1) is 0 Å². The number of carboxylic acids is 1. The first kappa shape index (κ1) is 22.9. The predicted molar refractivity (Wildman–Crippen MR) is 118 cm³/mol. The molecule has 0 heterocycles. The SMILES string of the molecule is CC(C)C[C@](C)(NC(=O)CCC(=O)Nc1ccc(Nc2ccccc2)cc1)C(=O)O. The molecule has 0 aliphatic heterocycles. The molecule has 0 radical (unpaired) electrons. The molecule has 30 heavy (non-hydrogen) atoms. The van der Waals surface area contributed by atoms with Gasteiger partial charge in [-0.05, 0) is 55.7 Å². The van der Waals surface area contributed by atoms with Crippen LogP contribution in [-0.2, 0) is 14.4 Å².